The van der Waals surface area contributed by atoms with Gasteiger partial charge in [0.25, 0.3) is 0 Å². The van der Waals surface area contributed by atoms with Gasteiger partial charge in [-0.25, -0.2) is 0 Å². The van der Waals surface area contributed by atoms with E-state index in [4.69, 9.17) is 32.7 Å². The molecule has 0 N–H and O–H groups in total. The summed E-state index contributed by atoms with van der Waals surface area (Å²) in [5, 5.41) is 0.631. The smallest absolute Gasteiger partial charge is 0.162 e. The van der Waals surface area contributed by atoms with Gasteiger partial charge in [-0.1, -0.05) is 11.6 Å². The fourth-order valence-corrected chi connectivity index (χ4v) is 1.27. The van der Waals surface area contributed by atoms with Crippen molar-refractivity contribution in [1.29, 1.82) is 0 Å². The van der Waals surface area contributed by atoms with Gasteiger partial charge in [0.15, 0.2) is 11.5 Å². The van der Waals surface area contributed by atoms with Gasteiger partial charge in [0.1, 0.15) is 0 Å². The van der Waals surface area contributed by atoms with E-state index in [2.05, 4.69) is 0 Å². The molecule has 1 rings (SSSR count). The second-order valence-corrected chi connectivity index (χ2v) is 3.50. The predicted molar refractivity (Wildman–Crippen MR) is 58.8 cm³/mol. The molecular formula is C10H12Cl2O2. The summed E-state index contributed by atoms with van der Waals surface area (Å²) in [6, 6.07) is 5.27. The van der Waals surface area contributed by atoms with Gasteiger partial charge in [0, 0.05) is 17.0 Å². The van der Waals surface area contributed by atoms with E-state index in [-0.39, 0.29) is 0 Å². The van der Waals surface area contributed by atoms with Gasteiger partial charge in [-0.2, -0.15) is 0 Å². The average molecular weight is 235 g/mol. The summed E-state index contributed by atoms with van der Waals surface area (Å²) in [6.07, 6.45) is 0.813. The Balaban J connectivity index is 2.65. The van der Waals surface area contributed by atoms with E-state index in [0.717, 1.165) is 6.42 Å². The van der Waals surface area contributed by atoms with Crippen LogP contribution in [0.1, 0.15) is 6.42 Å². The van der Waals surface area contributed by atoms with Crippen molar-refractivity contribution in [2.45, 2.75) is 6.42 Å². The van der Waals surface area contributed by atoms with Crippen molar-refractivity contribution in [2.75, 3.05) is 19.6 Å². The van der Waals surface area contributed by atoms with Crippen molar-refractivity contribution in [2.24, 2.45) is 0 Å². The van der Waals surface area contributed by atoms with Crippen LogP contribution in [0.5, 0.6) is 11.5 Å². The van der Waals surface area contributed by atoms with Crippen molar-refractivity contribution in [3.8, 4) is 11.5 Å². The molecule has 0 aliphatic rings. The third-order valence-electron chi connectivity index (χ3n) is 1.66. The summed E-state index contributed by atoms with van der Waals surface area (Å²) in [4.78, 5) is 0. The van der Waals surface area contributed by atoms with Gasteiger partial charge in [0.05, 0.1) is 13.7 Å². The van der Waals surface area contributed by atoms with Gasteiger partial charge >= 0.3 is 0 Å². The second kappa shape index (κ2) is 5.99. The Morgan fingerprint density at radius 3 is 2.71 bits per heavy atom. The first-order valence-corrected chi connectivity index (χ1v) is 5.21. The Kier molecular flexibility index (Phi) is 4.91. The average Bonchev–Trinajstić information content (AvgIpc) is 2.20. The lowest BCUT2D eigenvalue weighted by Gasteiger charge is -2.09. The first kappa shape index (κ1) is 11.5. The zero-order chi connectivity index (χ0) is 10.4. The number of alkyl halides is 1. The van der Waals surface area contributed by atoms with Crippen molar-refractivity contribution in [3.63, 3.8) is 0 Å². The van der Waals surface area contributed by atoms with Crippen molar-refractivity contribution < 1.29 is 9.47 Å². The molecule has 0 atom stereocenters. The van der Waals surface area contributed by atoms with E-state index in [1.54, 1.807) is 25.3 Å². The maximum atomic E-state index is 5.80. The molecule has 0 bridgehead atoms. The monoisotopic (exact) mass is 234 g/mol. The third-order valence-corrected chi connectivity index (χ3v) is 2.16. The highest BCUT2D eigenvalue weighted by Crippen LogP contribution is 2.29. The van der Waals surface area contributed by atoms with E-state index < -0.39 is 0 Å². The van der Waals surface area contributed by atoms with Crippen LogP contribution in [0.25, 0.3) is 0 Å². The van der Waals surface area contributed by atoms with E-state index in [9.17, 15) is 0 Å². The van der Waals surface area contributed by atoms with E-state index >= 15 is 0 Å². The van der Waals surface area contributed by atoms with Crippen LogP contribution in [-0.4, -0.2) is 19.6 Å². The van der Waals surface area contributed by atoms with Crippen LogP contribution in [-0.2, 0) is 0 Å². The number of benzene rings is 1. The van der Waals surface area contributed by atoms with Crippen LogP contribution in [0.15, 0.2) is 18.2 Å². The first-order valence-electron chi connectivity index (χ1n) is 4.30. The van der Waals surface area contributed by atoms with Crippen LogP contribution in [0, 0.1) is 0 Å². The fourth-order valence-electron chi connectivity index (χ4n) is 0.997. The molecule has 0 fully saturated rings. The molecule has 0 heterocycles. The Morgan fingerprint density at radius 1 is 1.29 bits per heavy atom. The molecule has 0 radical (unpaired) electrons. The number of halogens is 2. The van der Waals surface area contributed by atoms with E-state index in [0.29, 0.717) is 29.0 Å². The van der Waals surface area contributed by atoms with Crippen LogP contribution >= 0.6 is 23.2 Å². The Hall–Kier alpha value is -0.600. The van der Waals surface area contributed by atoms with Crippen LogP contribution in [0.3, 0.4) is 0 Å². The molecule has 78 valence electrons. The predicted octanol–water partition coefficient (Wildman–Crippen LogP) is 3.36. The lowest BCUT2D eigenvalue weighted by atomic mass is 10.3. The highest BCUT2D eigenvalue weighted by Gasteiger charge is 2.04. The largest absolute Gasteiger partial charge is 0.493 e. The molecule has 0 saturated carbocycles. The fraction of sp³-hybridized carbons (Fsp3) is 0.400. The molecule has 0 aromatic heterocycles. The minimum absolute atomic E-state index is 0.585. The number of hydrogen-bond acceptors (Lipinski definition) is 2. The standard InChI is InChI=1S/C10H12Cl2O2/c1-13-10-7-8(12)3-4-9(10)14-6-2-5-11/h3-4,7H,2,5-6H2,1H3. The van der Waals surface area contributed by atoms with Crippen LogP contribution in [0.2, 0.25) is 5.02 Å². The Bertz CT molecular complexity index is 289. The summed E-state index contributed by atoms with van der Waals surface area (Å²) >= 11 is 11.3. The number of rotatable bonds is 5. The molecule has 1 aromatic rings. The van der Waals surface area contributed by atoms with Gasteiger partial charge in [0.2, 0.25) is 0 Å². The number of hydrogen-bond donors (Lipinski definition) is 0. The normalized spacial score (nSPS) is 9.93. The summed E-state index contributed by atoms with van der Waals surface area (Å²) < 4.78 is 10.6. The van der Waals surface area contributed by atoms with E-state index in [1.165, 1.54) is 0 Å². The summed E-state index contributed by atoms with van der Waals surface area (Å²) in [7, 11) is 1.58. The molecule has 4 heteroatoms. The van der Waals surface area contributed by atoms with Crippen LogP contribution < -0.4 is 9.47 Å². The molecule has 0 spiro atoms. The number of methoxy groups -OCH3 is 1. The molecule has 0 aliphatic heterocycles. The summed E-state index contributed by atoms with van der Waals surface area (Å²) in [5.41, 5.74) is 0. The van der Waals surface area contributed by atoms with Gasteiger partial charge < -0.3 is 9.47 Å². The molecule has 0 saturated heterocycles. The topological polar surface area (TPSA) is 18.5 Å². The summed E-state index contributed by atoms with van der Waals surface area (Å²) in [6.45, 7) is 0.585. The van der Waals surface area contributed by atoms with Crippen LogP contribution in [0.4, 0.5) is 0 Å². The highest BCUT2D eigenvalue weighted by atomic mass is 35.5. The minimum Gasteiger partial charge on any atom is -0.493 e. The van der Waals surface area contributed by atoms with Gasteiger partial charge in [-0.15, -0.1) is 11.6 Å². The zero-order valence-electron chi connectivity index (χ0n) is 7.93. The molecule has 0 amide bonds. The van der Waals surface area contributed by atoms with Crippen molar-refractivity contribution in [3.05, 3.63) is 23.2 Å². The van der Waals surface area contributed by atoms with Crippen molar-refractivity contribution in [1.82, 2.24) is 0 Å². The zero-order valence-corrected chi connectivity index (χ0v) is 9.44. The molecule has 2 nitrogen and oxygen atoms in total. The molecule has 0 aliphatic carbocycles. The van der Waals surface area contributed by atoms with Gasteiger partial charge in [-0.05, 0) is 18.6 Å². The van der Waals surface area contributed by atoms with E-state index in [1.807, 2.05) is 0 Å². The minimum atomic E-state index is 0.585. The summed E-state index contributed by atoms with van der Waals surface area (Å²) in [5.74, 6) is 1.93. The quantitative estimate of drug-likeness (QED) is 0.575. The lowest BCUT2D eigenvalue weighted by molar-refractivity contribution is 0.295. The molecule has 14 heavy (non-hydrogen) atoms. The van der Waals surface area contributed by atoms with Gasteiger partial charge in [-0.3, -0.25) is 0 Å². The second-order valence-electron chi connectivity index (χ2n) is 2.69. The maximum absolute atomic E-state index is 5.80. The Morgan fingerprint density at radius 2 is 2.07 bits per heavy atom. The number of ether oxygens (including phenoxy) is 2. The maximum Gasteiger partial charge on any atom is 0.162 e. The third kappa shape index (κ3) is 3.28. The Labute approximate surface area is 93.7 Å². The molecular weight excluding hydrogens is 223 g/mol. The lowest BCUT2D eigenvalue weighted by Crippen LogP contribution is -1.99. The first-order chi connectivity index (χ1) is 6.77. The molecule has 1 aromatic carbocycles. The van der Waals surface area contributed by atoms with Crippen molar-refractivity contribution >= 4 is 23.2 Å². The molecule has 0 unspecified atom stereocenters. The SMILES string of the molecule is COc1cc(Cl)ccc1OCCCCl. The highest BCUT2D eigenvalue weighted by molar-refractivity contribution is 6.30.